The van der Waals surface area contributed by atoms with Crippen LogP contribution in [0.5, 0.6) is 0 Å². The molecule has 102 valence electrons. The van der Waals surface area contributed by atoms with Gasteiger partial charge < -0.3 is 5.01 Å². The Morgan fingerprint density at radius 3 is 2.20 bits per heavy atom. The van der Waals surface area contributed by atoms with Gasteiger partial charge in [-0.3, -0.25) is 0 Å². The predicted octanol–water partition coefficient (Wildman–Crippen LogP) is 3.80. The first-order valence-corrected chi connectivity index (χ1v) is 7.59. The standard InChI is InChI=1S/C18H20N2/c1-2-6-16(7-3-1)17-8-4-5-9-18(17)20-14-15-10-12-19(20)13-11-15/h1-9,15H,10-14H2. The lowest BCUT2D eigenvalue weighted by Crippen LogP contribution is -2.56. The van der Waals surface area contributed by atoms with Crippen LogP contribution in [0.15, 0.2) is 54.6 Å². The Hall–Kier alpha value is -1.80. The highest BCUT2D eigenvalue weighted by molar-refractivity contribution is 5.78. The lowest BCUT2D eigenvalue weighted by atomic mass is 9.93. The van der Waals surface area contributed by atoms with E-state index in [1.54, 1.807) is 0 Å². The molecule has 0 radical (unpaired) electrons. The van der Waals surface area contributed by atoms with Crippen molar-refractivity contribution in [3.63, 3.8) is 0 Å². The van der Waals surface area contributed by atoms with Gasteiger partial charge in [0.05, 0.1) is 5.69 Å². The van der Waals surface area contributed by atoms with Crippen molar-refractivity contribution in [3.8, 4) is 11.1 Å². The Labute approximate surface area is 120 Å². The summed E-state index contributed by atoms with van der Waals surface area (Å²) in [5.74, 6) is 0.879. The monoisotopic (exact) mass is 264 g/mol. The van der Waals surface area contributed by atoms with E-state index in [-0.39, 0.29) is 0 Å². The summed E-state index contributed by atoms with van der Waals surface area (Å²) in [6.45, 7) is 3.62. The van der Waals surface area contributed by atoms with Crippen LogP contribution in [0.25, 0.3) is 11.1 Å². The van der Waals surface area contributed by atoms with Crippen LogP contribution in [0.1, 0.15) is 12.8 Å². The summed E-state index contributed by atoms with van der Waals surface area (Å²) < 4.78 is 0. The van der Waals surface area contributed by atoms with Crippen molar-refractivity contribution in [2.24, 2.45) is 5.92 Å². The molecule has 3 heterocycles. The second-order valence-electron chi connectivity index (χ2n) is 5.86. The van der Waals surface area contributed by atoms with Crippen molar-refractivity contribution in [3.05, 3.63) is 54.6 Å². The first kappa shape index (κ1) is 12.0. The van der Waals surface area contributed by atoms with Crippen LogP contribution in [0.3, 0.4) is 0 Å². The van der Waals surface area contributed by atoms with Gasteiger partial charge in [0.2, 0.25) is 0 Å². The molecule has 2 aromatic rings. The summed E-state index contributed by atoms with van der Waals surface area (Å²) in [6, 6.07) is 19.5. The Kier molecular flexibility index (Phi) is 2.96. The number of piperidine rings is 1. The molecule has 20 heavy (non-hydrogen) atoms. The van der Waals surface area contributed by atoms with E-state index in [1.807, 2.05) is 0 Å². The molecule has 2 aromatic carbocycles. The molecule has 2 nitrogen and oxygen atoms in total. The third-order valence-corrected chi connectivity index (χ3v) is 4.63. The lowest BCUT2D eigenvalue weighted by molar-refractivity contribution is 0.107. The minimum atomic E-state index is 0.879. The number of hydrogen-bond donors (Lipinski definition) is 0. The number of benzene rings is 2. The number of hydrazine groups is 1. The first-order valence-electron chi connectivity index (χ1n) is 7.59. The summed E-state index contributed by atoms with van der Waals surface area (Å²) in [7, 11) is 0. The molecule has 0 atom stereocenters. The van der Waals surface area contributed by atoms with E-state index in [0.717, 1.165) is 5.92 Å². The molecule has 0 amide bonds. The third kappa shape index (κ3) is 2.01. The molecule has 0 saturated carbocycles. The number of nitrogens with zero attached hydrogens (tertiary/aromatic N) is 2. The average Bonchev–Trinajstić information content (AvgIpc) is 2.57. The van der Waals surface area contributed by atoms with E-state index in [4.69, 9.17) is 0 Å². The SMILES string of the molecule is c1ccc(-c2ccccc2N2CC3CCN2CC3)cc1. The Morgan fingerprint density at radius 2 is 1.50 bits per heavy atom. The van der Waals surface area contributed by atoms with Crippen LogP contribution >= 0.6 is 0 Å². The largest absolute Gasteiger partial charge is 0.305 e. The zero-order chi connectivity index (χ0) is 13.4. The summed E-state index contributed by atoms with van der Waals surface area (Å²) in [5.41, 5.74) is 4.02. The van der Waals surface area contributed by atoms with Gasteiger partial charge in [0.15, 0.2) is 0 Å². The van der Waals surface area contributed by atoms with Gasteiger partial charge in [0.25, 0.3) is 0 Å². The fourth-order valence-corrected chi connectivity index (χ4v) is 3.51. The van der Waals surface area contributed by atoms with E-state index in [9.17, 15) is 0 Å². The van der Waals surface area contributed by atoms with Crippen LogP contribution in [-0.2, 0) is 0 Å². The molecule has 0 N–H and O–H groups in total. The molecule has 2 bridgehead atoms. The third-order valence-electron chi connectivity index (χ3n) is 4.63. The van der Waals surface area contributed by atoms with Crippen LogP contribution in [0.4, 0.5) is 5.69 Å². The van der Waals surface area contributed by atoms with Gasteiger partial charge in [-0.05, 0) is 30.4 Å². The fraction of sp³-hybridized carbons (Fsp3) is 0.333. The maximum absolute atomic E-state index is 2.53. The molecule has 0 spiro atoms. The summed E-state index contributed by atoms with van der Waals surface area (Å²) >= 11 is 0. The highest BCUT2D eigenvalue weighted by Crippen LogP contribution is 2.36. The predicted molar refractivity (Wildman–Crippen MR) is 83.5 cm³/mol. The molecule has 3 saturated heterocycles. The van der Waals surface area contributed by atoms with E-state index in [2.05, 4.69) is 64.6 Å². The van der Waals surface area contributed by atoms with Crippen molar-refractivity contribution < 1.29 is 0 Å². The lowest BCUT2D eigenvalue weighted by Gasteiger charge is -2.49. The van der Waals surface area contributed by atoms with Gasteiger partial charge in [-0.1, -0.05) is 48.5 Å². The second-order valence-corrected chi connectivity index (χ2v) is 5.86. The maximum atomic E-state index is 2.53. The molecule has 0 unspecified atom stereocenters. The molecule has 2 heteroatoms. The Bertz CT molecular complexity index is 585. The summed E-state index contributed by atoms with van der Waals surface area (Å²) in [5, 5.41) is 5.04. The normalized spacial score (nSPS) is 24.9. The summed E-state index contributed by atoms with van der Waals surface area (Å²) in [6.07, 6.45) is 2.73. The second kappa shape index (κ2) is 4.95. The molecule has 3 fully saturated rings. The van der Waals surface area contributed by atoms with Gasteiger partial charge in [-0.15, -0.1) is 0 Å². The van der Waals surface area contributed by atoms with Crippen molar-refractivity contribution in [2.45, 2.75) is 12.8 Å². The van der Waals surface area contributed by atoms with Gasteiger partial charge in [-0.2, -0.15) is 0 Å². The molecule has 5 rings (SSSR count). The highest BCUT2D eigenvalue weighted by atomic mass is 15.6. The van der Waals surface area contributed by atoms with E-state index in [0.29, 0.717) is 0 Å². The van der Waals surface area contributed by atoms with Gasteiger partial charge in [-0.25, -0.2) is 5.01 Å². The fourth-order valence-electron chi connectivity index (χ4n) is 3.51. The highest BCUT2D eigenvalue weighted by Gasteiger charge is 2.32. The van der Waals surface area contributed by atoms with Gasteiger partial charge in [0.1, 0.15) is 0 Å². The van der Waals surface area contributed by atoms with Gasteiger partial charge >= 0.3 is 0 Å². The van der Waals surface area contributed by atoms with E-state index < -0.39 is 0 Å². The number of anilines is 1. The van der Waals surface area contributed by atoms with Crippen molar-refractivity contribution >= 4 is 5.69 Å². The molecular weight excluding hydrogens is 244 g/mol. The van der Waals surface area contributed by atoms with Crippen LogP contribution < -0.4 is 5.01 Å². The van der Waals surface area contributed by atoms with E-state index in [1.165, 1.54) is 49.3 Å². The van der Waals surface area contributed by atoms with Crippen molar-refractivity contribution in [1.29, 1.82) is 0 Å². The summed E-state index contributed by atoms with van der Waals surface area (Å²) in [4.78, 5) is 0. The zero-order valence-electron chi connectivity index (χ0n) is 11.7. The van der Waals surface area contributed by atoms with E-state index >= 15 is 0 Å². The van der Waals surface area contributed by atoms with Crippen molar-refractivity contribution in [2.75, 3.05) is 24.6 Å². The Morgan fingerprint density at radius 1 is 0.800 bits per heavy atom. The molecule has 3 aliphatic rings. The first-order chi connectivity index (χ1) is 9.92. The number of fused-ring (bicyclic) bond motifs is 3. The van der Waals surface area contributed by atoms with Gasteiger partial charge in [0, 0.05) is 25.2 Å². The molecule has 3 aliphatic heterocycles. The number of hydrogen-bond acceptors (Lipinski definition) is 2. The number of rotatable bonds is 2. The molecular formula is C18H20N2. The molecule has 0 aromatic heterocycles. The maximum Gasteiger partial charge on any atom is 0.0600 e. The number of para-hydroxylation sites is 1. The van der Waals surface area contributed by atoms with Crippen LogP contribution in [0.2, 0.25) is 0 Å². The Balaban J connectivity index is 1.75. The van der Waals surface area contributed by atoms with Crippen LogP contribution in [-0.4, -0.2) is 24.6 Å². The smallest absolute Gasteiger partial charge is 0.0600 e. The van der Waals surface area contributed by atoms with Crippen molar-refractivity contribution in [1.82, 2.24) is 5.01 Å². The minimum absolute atomic E-state index is 0.879. The minimum Gasteiger partial charge on any atom is -0.305 e. The van der Waals surface area contributed by atoms with Crippen LogP contribution in [0, 0.1) is 5.92 Å². The quantitative estimate of drug-likeness (QED) is 0.814. The average molecular weight is 264 g/mol. The molecule has 0 aliphatic carbocycles. The zero-order valence-corrected chi connectivity index (χ0v) is 11.7. The topological polar surface area (TPSA) is 6.48 Å².